The van der Waals surface area contributed by atoms with Crippen LogP contribution >= 0.6 is 10.7 Å². The number of nitrogens with zero attached hydrogens (tertiary/aromatic N) is 2. The minimum atomic E-state index is -5.71. The first kappa shape index (κ1) is 18.2. The standard InChI is InChI=1S/C7HClF6N2O5S/c8-22(19,20)3-1-2(6(9,10)11)4(21-7(12,13)14)5(15-3)16(17)18/h1H. The van der Waals surface area contributed by atoms with E-state index in [1.807, 2.05) is 0 Å². The normalized spacial score (nSPS) is 13.0. The summed E-state index contributed by atoms with van der Waals surface area (Å²) in [5, 5.41) is 8.91. The molecule has 0 aliphatic rings. The molecule has 1 heterocycles. The summed E-state index contributed by atoms with van der Waals surface area (Å²) in [6, 6.07) is -0.406. The average molecular weight is 375 g/mol. The third kappa shape index (κ3) is 4.33. The van der Waals surface area contributed by atoms with Crippen LogP contribution in [0, 0.1) is 10.1 Å². The van der Waals surface area contributed by atoms with Gasteiger partial charge >= 0.3 is 27.4 Å². The first-order valence-corrected chi connectivity index (χ1v) is 6.91. The quantitative estimate of drug-likeness (QED) is 0.349. The zero-order valence-corrected chi connectivity index (χ0v) is 11.1. The Bertz CT molecular complexity index is 715. The van der Waals surface area contributed by atoms with E-state index in [9.17, 15) is 44.9 Å². The van der Waals surface area contributed by atoms with Crippen molar-refractivity contribution in [3.05, 3.63) is 21.7 Å². The fraction of sp³-hybridized carbons (Fsp3) is 0.286. The van der Waals surface area contributed by atoms with Crippen molar-refractivity contribution in [3.63, 3.8) is 0 Å². The summed E-state index contributed by atoms with van der Waals surface area (Å²) in [5.41, 5.74) is -2.37. The smallest absolute Gasteiger partial charge is 0.396 e. The van der Waals surface area contributed by atoms with Gasteiger partial charge in [-0.25, -0.2) is 8.42 Å². The average Bonchev–Trinajstić information content (AvgIpc) is 2.23. The van der Waals surface area contributed by atoms with Crippen molar-refractivity contribution < 1.29 is 44.4 Å². The summed E-state index contributed by atoms with van der Waals surface area (Å²) < 4.78 is 99.2. The van der Waals surface area contributed by atoms with Crippen molar-refractivity contribution in [1.82, 2.24) is 4.98 Å². The Balaban J connectivity index is 3.83. The highest BCUT2D eigenvalue weighted by Gasteiger charge is 2.46. The van der Waals surface area contributed by atoms with Gasteiger partial charge in [0.25, 0.3) is 5.03 Å². The van der Waals surface area contributed by atoms with E-state index in [0.717, 1.165) is 0 Å². The Labute approximate surface area is 121 Å². The summed E-state index contributed by atoms with van der Waals surface area (Å²) in [5.74, 6) is -4.40. The summed E-state index contributed by atoms with van der Waals surface area (Å²) >= 11 is 0. The zero-order chi connectivity index (χ0) is 17.5. The Morgan fingerprint density at radius 1 is 1.23 bits per heavy atom. The number of ether oxygens (including phenoxy) is 1. The molecule has 0 amide bonds. The van der Waals surface area contributed by atoms with Crippen molar-refractivity contribution in [2.75, 3.05) is 0 Å². The van der Waals surface area contributed by atoms with E-state index in [0.29, 0.717) is 0 Å². The second-order valence-electron chi connectivity index (χ2n) is 3.40. The fourth-order valence-corrected chi connectivity index (χ4v) is 1.86. The SMILES string of the molecule is O=[N+]([O-])c1nc(S(=O)(=O)Cl)cc(C(F)(F)F)c1OC(F)(F)F. The molecule has 0 atom stereocenters. The van der Waals surface area contributed by atoms with Gasteiger partial charge in [-0.2, -0.15) is 13.2 Å². The van der Waals surface area contributed by atoms with Gasteiger partial charge < -0.3 is 14.9 Å². The fourth-order valence-electron chi connectivity index (χ4n) is 1.17. The molecule has 22 heavy (non-hydrogen) atoms. The van der Waals surface area contributed by atoms with Gasteiger partial charge in [0.1, 0.15) is 5.56 Å². The third-order valence-electron chi connectivity index (χ3n) is 1.88. The van der Waals surface area contributed by atoms with E-state index in [4.69, 9.17) is 10.7 Å². The van der Waals surface area contributed by atoms with Crippen LogP contribution in [0.15, 0.2) is 11.1 Å². The van der Waals surface area contributed by atoms with E-state index >= 15 is 0 Å². The molecule has 0 N–H and O–H groups in total. The molecule has 0 fully saturated rings. The molecule has 0 saturated heterocycles. The van der Waals surface area contributed by atoms with Crippen LogP contribution in [0.3, 0.4) is 0 Å². The Morgan fingerprint density at radius 3 is 2.05 bits per heavy atom. The van der Waals surface area contributed by atoms with Crippen molar-refractivity contribution in [1.29, 1.82) is 0 Å². The van der Waals surface area contributed by atoms with Crippen molar-refractivity contribution in [2.24, 2.45) is 0 Å². The van der Waals surface area contributed by atoms with Crippen molar-refractivity contribution >= 4 is 25.6 Å². The molecule has 0 aliphatic heterocycles. The van der Waals surface area contributed by atoms with Gasteiger partial charge in [-0.1, -0.05) is 0 Å². The summed E-state index contributed by atoms with van der Waals surface area (Å²) in [7, 11) is -0.283. The predicted molar refractivity (Wildman–Crippen MR) is 55.6 cm³/mol. The summed E-state index contributed by atoms with van der Waals surface area (Å²) in [6.45, 7) is 0. The first-order chi connectivity index (χ1) is 9.63. The molecule has 124 valence electrons. The summed E-state index contributed by atoms with van der Waals surface area (Å²) in [4.78, 5) is 11.3. The monoisotopic (exact) mass is 374 g/mol. The van der Waals surface area contributed by atoms with Crippen molar-refractivity contribution in [2.45, 2.75) is 17.6 Å². The molecule has 0 spiro atoms. The van der Waals surface area contributed by atoms with Crippen LogP contribution in [0.4, 0.5) is 32.2 Å². The molecule has 15 heteroatoms. The maximum Gasteiger partial charge on any atom is 0.573 e. The largest absolute Gasteiger partial charge is 0.573 e. The molecule has 0 unspecified atom stereocenters. The van der Waals surface area contributed by atoms with E-state index in [1.165, 1.54) is 0 Å². The van der Waals surface area contributed by atoms with Crippen LogP contribution in [0.25, 0.3) is 0 Å². The minimum Gasteiger partial charge on any atom is -0.396 e. The molecule has 7 nitrogen and oxygen atoms in total. The predicted octanol–water partition coefficient (Wildman–Crippen LogP) is 2.83. The molecule has 1 rings (SSSR count). The number of alkyl halides is 6. The van der Waals surface area contributed by atoms with Crippen LogP contribution in [0.5, 0.6) is 5.75 Å². The van der Waals surface area contributed by atoms with Gasteiger partial charge in [0.05, 0.1) is 0 Å². The number of pyridine rings is 1. The lowest BCUT2D eigenvalue weighted by molar-refractivity contribution is -0.394. The topological polar surface area (TPSA) is 99.4 Å². The summed E-state index contributed by atoms with van der Waals surface area (Å²) in [6.07, 6.45) is -11.3. The van der Waals surface area contributed by atoms with Crippen LogP contribution in [-0.4, -0.2) is 24.7 Å². The van der Waals surface area contributed by atoms with E-state index in [1.54, 1.807) is 0 Å². The molecular weight excluding hydrogens is 374 g/mol. The van der Waals surface area contributed by atoms with E-state index < -0.39 is 54.7 Å². The maximum atomic E-state index is 12.7. The lowest BCUT2D eigenvalue weighted by Crippen LogP contribution is -2.22. The van der Waals surface area contributed by atoms with Gasteiger partial charge in [0.2, 0.25) is 5.75 Å². The Morgan fingerprint density at radius 2 is 1.73 bits per heavy atom. The Hall–Kier alpha value is -1.83. The zero-order valence-electron chi connectivity index (χ0n) is 9.57. The highest BCUT2D eigenvalue weighted by Crippen LogP contribution is 2.43. The van der Waals surface area contributed by atoms with Crippen LogP contribution < -0.4 is 4.74 Å². The van der Waals surface area contributed by atoms with E-state index in [-0.39, 0.29) is 0 Å². The molecule has 1 aromatic heterocycles. The lowest BCUT2D eigenvalue weighted by atomic mass is 10.2. The minimum absolute atomic E-state index is 0.406. The second kappa shape index (κ2) is 5.42. The van der Waals surface area contributed by atoms with Gasteiger partial charge in [-0.15, -0.1) is 13.2 Å². The second-order valence-corrected chi connectivity index (χ2v) is 5.91. The molecule has 0 radical (unpaired) electrons. The Kier molecular flexibility index (Phi) is 4.49. The molecular formula is C7HClF6N2O5S. The number of aromatic nitrogens is 1. The first-order valence-electron chi connectivity index (χ1n) is 4.60. The van der Waals surface area contributed by atoms with Gasteiger partial charge in [0, 0.05) is 16.7 Å². The van der Waals surface area contributed by atoms with Crippen molar-refractivity contribution in [3.8, 4) is 5.75 Å². The maximum absolute atomic E-state index is 12.7. The highest BCUT2D eigenvalue weighted by atomic mass is 35.7. The number of hydrogen-bond donors (Lipinski definition) is 0. The van der Waals surface area contributed by atoms with Crippen LogP contribution in [-0.2, 0) is 15.2 Å². The number of halogens is 7. The molecule has 0 saturated carbocycles. The highest BCUT2D eigenvalue weighted by molar-refractivity contribution is 8.13. The third-order valence-corrected chi connectivity index (χ3v) is 3.06. The van der Waals surface area contributed by atoms with Crippen LogP contribution in [0.2, 0.25) is 0 Å². The molecule has 0 aliphatic carbocycles. The van der Waals surface area contributed by atoms with Crippen LogP contribution in [0.1, 0.15) is 5.56 Å². The van der Waals surface area contributed by atoms with Gasteiger partial charge in [0.15, 0.2) is 0 Å². The van der Waals surface area contributed by atoms with Gasteiger partial charge in [-0.05, 0) is 9.91 Å². The number of hydrogen-bond acceptors (Lipinski definition) is 6. The lowest BCUT2D eigenvalue weighted by Gasteiger charge is -2.14. The molecule has 0 bridgehead atoms. The van der Waals surface area contributed by atoms with Gasteiger partial charge in [-0.3, -0.25) is 0 Å². The number of nitro groups is 1. The molecule has 0 aromatic carbocycles. The molecule has 1 aromatic rings. The van der Waals surface area contributed by atoms with E-state index in [2.05, 4.69) is 9.72 Å². The number of rotatable bonds is 3.